The van der Waals surface area contributed by atoms with E-state index in [1.807, 2.05) is 69.3 Å². The maximum Gasteiger partial charge on any atom is 0.410 e. The van der Waals surface area contributed by atoms with Gasteiger partial charge in [0, 0.05) is 73.6 Å². The molecule has 5 rings (SSSR count). The van der Waals surface area contributed by atoms with Gasteiger partial charge in [-0.3, -0.25) is 4.68 Å². The first-order valence-corrected chi connectivity index (χ1v) is 12.9. The van der Waals surface area contributed by atoms with Crippen LogP contribution in [0.1, 0.15) is 39.7 Å². The zero-order chi connectivity index (χ0) is 26.9. The Kier molecular flexibility index (Phi) is 6.76. The molecule has 1 fully saturated rings. The lowest BCUT2D eigenvalue weighted by atomic mass is 10.0. The highest BCUT2D eigenvalue weighted by Crippen LogP contribution is 2.32. The van der Waals surface area contributed by atoms with Crippen molar-refractivity contribution in [1.29, 1.82) is 5.26 Å². The van der Waals surface area contributed by atoms with E-state index in [0.717, 1.165) is 53.1 Å². The Balaban J connectivity index is 1.41. The number of aryl methyl sites for hydroxylation is 1. The first-order chi connectivity index (χ1) is 18.3. The molecule has 0 unspecified atom stereocenters. The van der Waals surface area contributed by atoms with E-state index in [9.17, 15) is 10.1 Å². The van der Waals surface area contributed by atoms with Crippen LogP contribution in [0.5, 0.6) is 0 Å². The molecule has 0 aliphatic carbocycles. The van der Waals surface area contributed by atoms with Gasteiger partial charge in [-0.25, -0.2) is 14.3 Å². The summed E-state index contributed by atoms with van der Waals surface area (Å²) in [5.41, 5.74) is 4.45. The van der Waals surface area contributed by atoms with E-state index >= 15 is 0 Å². The number of hydrogen-bond donors (Lipinski definition) is 0. The zero-order valence-electron chi connectivity index (χ0n) is 22.3. The number of anilines is 1. The fraction of sp³-hybridized carbons (Fsp3) is 0.393. The number of rotatable bonds is 4. The predicted molar refractivity (Wildman–Crippen MR) is 145 cm³/mol. The van der Waals surface area contributed by atoms with Gasteiger partial charge in [-0.2, -0.15) is 15.5 Å². The van der Waals surface area contributed by atoms with Crippen LogP contribution in [0.4, 0.5) is 10.6 Å². The predicted octanol–water partition coefficient (Wildman–Crippen LogP) is 4.60. The Labute approximate surface area is 222 Å². The normalized spacial score (nSPS) is 14.4. The first-order valence-electron chi connectivity index (χ1n) is 12.9. The van der Waals surface area contributed by atoms with Crippen LogP contribution in [0.2, 0.25) is 0 Å². The second kappa shape index (κ2) is 10.2. The molecule has 196 valence electrons. The van der Waals surface area contributed by atoms with Gasteiger partial charge in [0.2, 0.25) is 0 Å². The van der Waals surface area contributed by atoms with Crippen molar-refractivity contribution in [2.24, 2.45) is 0 Å². The van der Waals surface area contributed by atoms with Gasteiger partial charge in [-0.15, -0.1) is 0 Å². The fourth-order valence-electron chi connectivity index (χ4n) is 4.65. The number of hydrogen-bond acceptors (Lipinski definition) is 7. The Morgan fingerprint density at radius 1 is 1.03 bits per heavy atom. The summed E-state index contributed by atoms with van der Waals surface area (Å²) >= 11 is 0. The summed E-state index contributed by atoms with van der Waals surface area (Å²) in [4.78, 5) is 21.3. The van der Waals surface area contributed by atoms with Crippen LogP contribution < -0.4 is 4.90 Å². The summed E-state index contributed by atoms with van der Waals surface area (Å²) in [6.07, 6.45) is 9.75. The molecular formula is C28H32N8O2. The van der Waals surface area contributed by atoms with Crippen molar-refractivity contribution >= 4 is 17.4 Å². The van der Waals surface area contributed by atoms with E-state index in [2.05, 4.69) is 27.2 Å². The summed E-state index contributed by atoms with van der Waals surface area (Å²) in [6.45, 7) is 11.2. The van der Waals surface area contributed by atoms with Gasteiger partial charge in [-0.1, -0.05) is 0 Å². The average molecular weight is 513 g/mol. The molecule has 5 heterocycles. The maximum atomic E-state index is 12.5. The smallest absolute Gasteiger partial charge is 0.410 e. The second-order valence-electron chi connectivity index (χ2n) is 10.4. The maximum absolute atomic E-state index is 12.5. The number of amides is 1. The van der Waals surface area contributed by atoms with E-state index in [4.69, 9.17) is 9.72 Å². The third-order valence-electron chi connectivity index (χ3n) is 6.55. The summed E-state index contributed by atoms with van der Waals surface area (Å²) in [5, 5.41) is 18.5. The summed E-state index contributed by atoms with van der Waals surface area (Å²) in [7, 11) is 0. The number of carbonyl (C=O) groups excluding carboxylic acids is 1. The molecule has 1 saturated heterocycles. The topological polar surface area (TPSA) is 105 Å². The molecule has 10 heteroatoms. The molecule has 0 radical (unpaired) electrons. The third kappa shape index (κ3) is 5.18. The number of nitrogens with zero attached hydrogens (tertiary/aromatic N) is 8. The van der Waals surface area contributed by atoms with E-state index in [0.29, 0.717) is 25.2 Å². The van der Waals surface area contributed by atoms with Crippen molar-refractivity contribution in [2.45, 2.75) is 46.3 Å². The number of nitriles is 1. The lowest BCUT2D eigenvalue weighted by molar-refractivity contribution is 0.0263. The van der Waals surface area contributed by atoms with Crippen molar-refractivity contribution in [3.05, 3.63) is 54.7 Å². The number of fused-ring (bicyclic) bond motifs is 1. The van der Waals surface area contributed by atoms with Crippen LogP contribution in [0, 0.1) is 11.3 Å². The third-order valence-corrected chi connectivity index (χ3v) is 6.55. The minimum absolute atomic E-state index is 0.273. The summed E-state index contributed by atoms with van der Waals surface area (Å²) in [5.74, 6) is 0.852. The molecule has 0 aromatic carbocycles. The van der Waals surface area contributed by atoms with E-state index in [1.54, 1.807) is 15.6 Å². The molecule has 1 aliphatic rings. The van der Waals surface area contributed by atoms with Crippen molar-refractivity contribution < 1.29 is 9.53 Å². The van der Waals surface area contributed by atoms with Gasteiger partial charge >= 0.3 is 6.09 Å². The average Bonchev–Trinajstić information content (AvgIpc) is 3.47. The molecule has 10 nitrogen and oxygen atoms in total. The van der Waals surface area contributed by atoms with Gasteiger partial charge in [-0.05, 0) is 52.3 Å². The molecule has 0 bridgehead atoms. The molecule has 0 spiro atoms. The van der Waals surface area contributed by atoms with E-state index in [1.165, 1.54) is 0 Å². The van der Waals surface area contributed by atoms with Crippen LogP contribution in [0.15, 0.2) is 49.2 Å². The van der Waals surface area contributed by atoms with Crippen LogP contribution >= 0.6 is 0 Å². The van der Waals surface area contributed by atoms with Gasteiger partial charge in [0.25, 0.3) is 0 Å². The molecule has 0 atom stereocenters. The van der Waals surface area contributed by atoms with E-state index < -0.39 is 5.60 Å². The number of ether oxygens (including phenoxy) is 1. The number of carbonyl (C=O) groups is 1. The lowest BCUT2D eigenvalue weighted by Gasteiger charge is -2.26. The Morgan fingerprint density at radius 2 is 1.87 bits per heavy atom. The summed E-state index contributed by atoms with van der Waals surface area (Å²) in [6, 6.07) is 8.35. The Hall–Kier alpha value is -4.39. The molecule has 0 N–H and O–H groups in total. The lowest BCUT2D eigenvalue weighted by Crippen LogP contribution is -2.39. The molecule has 0 saturated carbocycles. The highest BCUT2D eigenvalue weighted by molar-refractivity contribution is 5.87. The fourth-order valence-corrected chi connectivity index (χ4v) is 4.65. The monoisotopic (exact) mass is 512 g/mol. The van der Waals surface area contributed by atoms with Gasteiger partial charge in [0.05, 0.1) is 23.5 Å². The van der Waals surface area contributed by atoms with Crippen molar-refractivity contribution in [3.8, 4) is 28.3 Å². The minimum Gasteiger partial charge on any atom is -0.444 e. The molecule has 1 amide bonds. The molecule has 4 aromatic heterocycles. The van der Waals surface area contributed by atoms with Crippen molar-refractivity contribution in [1.82, 2.24) is 29.3 Å². The van der Waals surface area contributed by atoms with Crippen molar-refractivity contribution in [3.63, 3.8) is 0 Å². The highest BCUT2D eigenvalue weighted by Gasteiger charge is 2.25. The first kappa shape index (κ1) is 25.3. The molecule has 38 heavy (non-hydrogen) atoms. The van der Waals surface area contributed by atoms with Crippen LogP contribution in [-0.2, 0) is 11.3 Å². The largest absolute Gasteiger partial charge is 0.444 e. The Morgan fingerprint density at radius 3 is 2.55 bits per heavy atom. The van der Waals surface area contributed by atoms with Crippen LogP contribution in [-0.4, -0.2) is 67.2 Å². The minimum atomic E-state index is -0.513. The van der Waals surface area contributed by atoms with Crippen LogP contribution in [0.3, 0.4) is 0 Å². The zero-order valence-corrected chi connectivity index (χ0v) is 22.3. The second-order valence-corrected chi connectivity index (χ2v) is 10.4. The van der Waals surface area contributed by atoms with Gasteiger partial charge in [0.1, 0.15) is 17.5 Å². The standard InChI is InChI=1S/C28H32N8O2/c1-5-35-18-23(17-31-35)21-13-24(26-22(14-29)16-32-36(26)19-21)20-7-8-25(30-15-20)33-9-6-10-34(12-11-33)27(37)38-28(2,3)4/h7-8,13,15-19H,5-6,9-12H2,1-4H3. The van der Waals surface area contributed by atoms with Crippen molar-refractivity contribution in [2.75, 3.05) is 31.1 Å². The quantitative estimate of drug-likeness (QED) is 0.394. The molecule has 4 aromatic rings. The van der Waals surface area contributed by atoms with Gasteiger partial charge in [0.15, 0.2) is 0 Å². The SMILES string of the molecule is CCn1cc(-c2cc(-c3ccc(N4CCCN(C(=O)OC(C)(C)C)CC4)nc3)c3c(C#N)cnn3c2)cn1. The van der Waals surface area contributed by atoms with Gasteiger partial charge < -0.3 is 14.5 Å². The molecule has 1 aliphatic heterocycles. The molecular weight excluding hydrogens is 480 g/mol. The highest BCUT2D eigenvalue weighted by atomic mass is 16.6. The number of aromatic nitrogens is 5. The number of pyridine rings is 2. The summed E-state index contributed by atoms with van der Waals surface area (Å²) < 4.78 is 9.18. The Bertz CT molecular complexity index is 1490. The van der Waals surface area contributed by atoms with Crippen LogP contribution in [0.25, 0.3) is 27.8 Å². The van der Waals surface area contributed by atoms with E-state index in [-0.39, 0.29) is 6.09 Å².